The maximum atomic E-state index is 12.1. The summed E-state index contributed by atoms with van der Waals surface area (Å²) in [6.45, 7) is 1.94. The van der Waals surface area contributed by atoms with Crippen molar-refractivity contribution in [3.8, 4) is 5.69 Å². The van der Waals surface area contributed by atoms with Gasteiger partial charge < -0.3 is 11.5 Å². The summed E-state index contributed by atoms with van der Waals surface area (Å²) in [7, 11) is 0. The van der Waals surface area contributed by atoms with Gasteiger partial charge in [-0.3, -0.25) is 9.78 Å². The van der Waals surface area contributed by atoms with E-state index in [-0.39, 0.29) is 5.96 Å². The number of aliphatic imine (C=N–C) groups is 1. The minimum absolute atomic E-state index is 0.267. The van der Waals surface area contributed by atoms with Gasteiger partial charge in [0.15, 0.2) is 5.96 Å². The average molecular weight is 308 g/mol. The highest BCUT2D eigenvalue weighted by Gasteiger charge is 2.18. The summed E-state index contributed by atoms with van der Waals surface area (Å²) in [4.78, 5) is 20.1. The van der Waals surface area contributed by atoms with Crippen LogP contribution < -0.4 is 11.5 Å². The van der Waals surface area contributed by atoms with Crippen LogP contribution in [0.5, 0.6) is 0 Å². The topological polar surface area (TPSA) is 112 Å². The maximum absolute atomic E-state index is 12.1. The average Bonchev–Trinajstić information content (AvgIpc) is 2.97. The molecule has 0 radical (unpaired) electrons. The molecule has 0 saturated heterocycles. The lowest BCUT2D eigenvalue weighted by Gasteiger charge is -2.09. The third-order valence-corrected chi connectivity index (χ3v) is 3.50. The van der Waals surface area contributed by atoms with Gasteiger partial charge in [-0.25, -0.2) is 4.68 Å². The number of nitrogens with two attached hydrogens (primary N) is 2. The zero-order chi connectivity index (χ0) is 16.4. The van der Waals surface area contributed by atoms with Crippen LogP contribution in [0, 0.1) is 0 Å². The normalized spacial score (nSPS) is 10.7. The van der Waals surface area contributed by atoms with Crippen molar-refractivity contribution < 1.29 is 4.79 Å². The minimum Gasteiger partial charge on any atom is -0.370 e. The molecule has 0 aliphatic carbocycles. The Hall–Kier alpha value is -3.22. The second-order valence-corrected chi connectivity index (χ2v) is 4.96. The van der Waals surface area contributed by atoms with Crippen molar-refractivity contribution in [1.29, 1.82) is 0 Å². The van der Waals surface area contributed by atoms with Crippen LogP contribution in [0.15, 0.2) is 47.7 Å². The SMILES string of the molecule is CCc1c(C(=O)N=C(N)N)cnn1-c1cccc2cccnc12. The van der Waals surface area contributed by atoms with Crippen molar-refractivity contribution >= 4 is 22.8 Å². The summed E-state index contributed by atoms with van der Waals surface area (Å²) < 4.78 is 1.71. The van der Waals surface area contributed by atoms with Gasteiger partial charge in [0.1, 0.15) is 0 Å². The molecule has 0 saturated carbocycles. The van der Waals surface area contributed by atoms with Crippen LogP contribution in [0.4, 0.5) is 0 Å². The summed E-state index contributed by atoms with van der Waals surface area (Å²) in [6.07, 6.45) is 3.81. The highest BCUT2D eigenvalue weighted by Crippen LogP contribution is 2.23. The summed E-state index contributed by atoms with van der Waals surface area (Å²) in [6, 6.07) is 9.68. The van der Waals surface area contributed by atoms with Crippen LogP contribution in [0.2, 0.25) is 0 Å². The Morgan fingerprint density at radius 3 is 2.78 bits per heavy atom. The van der Waals surface area contributed by atoms with Gasteiger partial charge in [0.05, 0.1) is 28.7 Å². The Balaban J connectivity index is 2.19. The van der Waals surface area contributed by atoms with Crippen LogP contribution in [0.1, 0.15) is 23.0 Å². The lowest BCUT2D eigenvalue weighted by molar-refractivity contribution is 0.100. The summed E-state index contributed by atoms with van der Waals surface area (Å²) >= 11 is 0. The predicted molar refractivity (Wildman–Crippen MR) is 88.4 cm³/mol. The Bertz CT molecular complexity index is 903. The van der Waals surface area contributed by atoms with Crippen molar-refractivity contribution in [2.45, 2.75) is 13.3 Å². The van der Waals surface area contributed by atoms with E-state index in [4.69, 9.17) is 11.5 Å². The third kappa shape index (κ3) is 2.64. The van der Waals surface area contributed by atoms with E-state index in [1.807, 2.05) is 37.3 Å². The molecule has 2 aromatic heterocycles. The first-order valence-corrected chi connectivity index (χ1v) is 7.16. The van der Waals surface area contributed by atoms with E-state index in [1.165, 1.54) is 6.20 Å². The number of hydrogen-bond donors (Lipinski definition) is 2. The molecule has 116 valence electrons. The largest absolute Gasteiger partial charge is 0.370 e. The van der Waals surface area contributed by atoms with Gasteiger partial charge in [-0.1, -0.05) is 25.1 Å². The van der Waals surface area contributed by atoms with Gasteiger partial charge >= 0.3 is 0 Å². The molecule has 2 heterocycles. The Kier molecular flexibility index (Phi) is 3.76. The Labute approximate surface area is 132 Å². The summed E-state index contributed by atoms with van der Waals surface area (Å²) in [5.41, 5.74) is 13.3. The number of rotatable bonds is 3. The monoisotopic (exact) mass is 308 g/mol. The molecular weight excluding hydrogens is 292 g/mol. The number of amides is 1. The lowest BCUT2D eigenvalue weighted by Crippen LogP contribution is -2.24. The minimum atomic E-state index is -0.499. The molecule has 0 aliphatic heterocycles. The fourth-order valence-electron chi connectivity index (χ4n) is 2.54. The maximum Gasteiger partial charge on any atom is 0.283 e. The van der Waals surface area contributed by atoms with Crippen molar-refractivity contribution in [3.63, 3.8) is 0 Å². The van der Waals surface area contributed by atoms with Gasteiger partial charge in [0.25, 0.3) is 5.91 Å². The molecule has 0 spiro atoms. The number of nitrogens with zero attached hydrogens (tertiary/aromatic N) is 4. The number of fused-ring (bicyclic) bond motifs is 1. The lowest BCUT2D eigenvalue weighted by atomic mass is 10.1. The van der Waals surface area contributed by atoms with Gasteiger partial charge in [0.2, 0.25) is 0 Å². The molecule has 1 aromatic carbocycles. The van der Waals surface area contributed by atoms with Crippen LogP contribution in [-0.2, 0) is 6.42 Å². The fourth-order valence-corrected chi connectivity index (χ4v) is 2.54. The molecule has 23 heavy (non-hydrogen) atoms. The molecule has 0 unspecified atom stereocenters. The molecule has 0 aliphatic rings. The summed E-state index contributed by atoms with van der Waals surface area (Å²) in [5, 5.41) is 5.34. The van der Waals surface area contributed by atoms with Crippen molar-refractivity contribution in [1.82, 2.24) is 14.8 Å². The first kappa shape index (κ1) is 14.7. The second-order valence-electron chi connectivity index (χ2n) is 4.96. The quantitative estimate of drug-likeness (QED) is 0.561. The zero-order valence-electron chi connectivity index (χ0n) is 12.6. The Morgan fingerprint density at radius 2 is 2.04 bits per heavy atom. The van der Waals surface area contributed by atoms with Gasteiger partial charge in [-0.2, -0.15) is 10.1 Å². The van der Waals surface area contributed by atoms with Gasteiger partial charge in [0, 0.05) is 11.6 Å². The molecule has 0 atom stereocenters. The number of para-hydroxylation sites is 1. The molecule has 0 bridgehead atoms. The van der Waals surface area contributed by atoms with Crippen molar-refractivity contribution in [3.05, 3.63) is 54.0 Å². The number of carbonyl (C=O) groups is 1. The van der Waals surface area contributed by atoms with E-state index in [1.54, 1.807) is 10.9 Å². The van der Waals surface area contributed by atoms with Crippen molar-refractivity contribution in [2.75, 3.05) is 0 Å². The van der Waals surface area contributed by atoms with E-state index in [9.17, 15) is 4.79 Å². The van der Waals surface area contributed by atoms with Crippen LogP contribution >= 0.6 is 0 Å². The van der Waals surface area contributed by atoms with Crippen LogP contribution in [-0.4, -0.2) is 26.6 Å². The molecule has 3 rings (SSSR count). The summed E-state index contributed by atoms with van der Waals surface area (Å²) in [5.74, 6) is -0.766. The Morgan fingerprint density at radius 1 is 1.26 bits per heavy atom. The molecule has 1 amide bonds. The third-order valence-electron chi connectivity index (χ3n) is 3.50. The first-order valence-electron chi connectivity index (χ1n) is 7.16. The number of carbonyl (C=O) groups excluding carboxylic acids is 1. The van der Waals surface area contributed by atoms with E-state index in [2.05, 4.69) is 15.1 Å². The smallest absolute Gasteiger partial charge is 0.283 e. The molecule has 0 fully saturated rings. The van der Waals surface area contributed by atoms with Crippen molar-refractivity contribution in [2.24, 2.45) is 16.5 Å². The number of guanidine groups is 1. The standard InChI is InChI=1S/C16H16N6O/c1-2-12-11(15(23)21-16(17)18)9-20-22(12)13-7-3-5-10-6-4-8-19-14(10)13/h3-9H,2H2,1H3,(H4,17,18,21,23). The highest BCUT2D eigenvalue weighted by atomic mass is 16.1. The zero-order valence-corrected chi connectivity index (χ0v) is 12.6. The second kappa shape index (κ2) is 5.88. The first-order chi connectivity index (χ1) is 11.1. The van der Waals surface area contributed by atoms with Crippen LogP contribution in [0.3, 0.4) is 0 Å². The molecular formula is C16H16N6O. The van der Waals surface area contributed by atoms with Crippen LogP contribution in [0.25, 0.3) is 16.6 Å². The predicted octanol–water partition coefficient (Wildman–Crippen LogP) is 1.40. The molecule has 7 nitrogen and oxygen atoms in total. The van der Waals surface area contributed by atoms with E-state index < -0.39 is 5.91 Å². The highest BCUT2D eigenvalue weighted by molar-refractivity contribution is 6.02. The van der Waals surface area contributed by atoms with E-state index in [0.29, 0.717) is 12.0 Å². The van der Waals surface area contributed by atoms with Gasteiger partial charge in [-0.15, -0.1) is 0 Å². The fraction of sp³-hybridized carbons (Fsp3) is 0.125. The number of benzene rings is 1. The molecule has 7 heteroatoms. The number of pyridine rings is 1. The van der Waals surface area contributed by atoms with E-state index >= 15 is 0 Å². The molecule has 4 N–H and O–H groups in total. The molecule has 3 aromatic rings. The number of aromatic nitrogens is 3. The van der Waals surface area contributed by atoms with E-state index in [0.717, 1.165) is 22.3 Å². The number of hydrogen-bond acceptors (Lipinski definition) is 3. The van der Waals surface area contributed by atoms with Gasteiger partial charge in [-0.05, 0) is 18.6 Å².